The number of hydrogen-bond acceptors (Lipinski definition) is 21. The van der Waals surface area contributed by atoms with Gasteiger partial charge in [0, 0.05) is 144 Å². The number of hydrogen-bond donors (Lipinski definition) is 4. The molecule has 4 spiro atoms. The summed E-state index contributed by atoms with van der Waals surface area (Å²) in [5.41, 5.74) is -5.80. The van der Waals surface area contributed by atoms with E-state index in [1.807, 2.05) is 27.7 Å². The van der Waals surface area contributed by atoms with E-state index in [1.165, 1.54) is 99.0 Å². The first-order valence-electron chi connectivity index (χ1n) is 43.4. The number of Topliss-reactive ketones (excluding diaryl/α,β-unsaturated/α-hetero) is 4. The Labute approximate surface area is 776 Å². The molecule has 4 amide bonds. The average molecular weight is 1910 g/mol. The molecule has 0 saturated heterocycles. The van der Waals surface area contributed by atoms with Gasteiger partial charge in [0.25, 0.3) is 23.6 Å². The molecule has 4 aliphatic carbocycles. The molecule has 4 N–H and O–H groups in total. The Hall–Kier alpha value is -11.0. The summed E-state index contributed by atoms with van der Waals surface area (Å²) in [6.07, 6.45) is 10.5. The van der Waals surface area contributed by atoms with E-state index in [2.05, 4.69) is 0 Å². The number of ether oxygens (including phenoxy) is 5. The summed E-state index contributed by atoms with van der Waals surface area (Å²) in [6, 6.07) is 16.6. The second-order valence-corrected chi connectivity index (χ2v) is 36.4. The van der Waals surface area contributed by atoms with Crippen LogP contribution < -0.4 is 26.5 Å². The third kappa shape index (κ3) is 18.5. The smallest absolute Gasteiger partial charge is 0.275 e. The quantitative estimate of drug-likeness (QED) is 0.0274. The number of carbonyl (C=O) groups is 8. The maximum absolute atomic E-state index is 14.5. The standard InChI is InChI=1S/C24H26ClFN2O6.2C24H26ClFN2O5.C23H24ClFN2O5/c1-27-12-24(8-13(9-24)11-33-2)28-10-15(21(30)22(31)20(28)23(27)32)16(29)6-4-14-5-7-17(34-3)18(25)19(14)26;1-3-28-23(32)20-22(31)21(30)16(11-27(20)13-24(28)9-14(10-24)12-33-2)18(29)8-7-15-5-4-6-17(25)19(15)26;1-3-28-23(32)20-22(31)21(30)16(12-27(20)13-24(28)10-15(11-24)33-4-2)18(29)9-8-14-6-5-7-17(25)19(14)26;1-3-27-22(31)19-21(30)20(29)15(11-26(19)12-23(27)9-14(10-23)32-2)17(28)8-7-13-5-4-6-16(24)18(13)25/h5,7,10,13,31H,4,6,8-9,11-12H2,1-3H3;4-6,11,14,31H,3,7-10,12-13H2,1-2H3;5-7,12,15,31H,3-4,8-11,13H2,1-2H3;4-6,11,14,30H,3,7-10,12H2,1-2H3. The lowest BCUT2D eigenvalue weighted by Crippen LogP contribution is -2.66. The SMILES string of the molecule is CCN1C(=O)c2c(O)c(=O)c(C(=O)CCc3cccc(Cl)c3F)cn2CC12CC(COC)C2.CCN1C(=O)c2c(O)c(=O)c(C(=O)CCc3cccc(Cl)c3F)cn2CC12CC(OC)C2.CCOC1CC2(C1)Cn1cc(C(=O)CCc3cccc(Cl)c3F)c(=O)c(O)c1C(=O)N2CC.COCC1CC2(C1)CN(C)C(=O)c1c(O)c(=O)c(C(=O)CCc3ccc(OC)c(Cl)c3F)cn12. The van der Waals surface area contributed by atoms with Gasteiger partial charge >= 0.3 is 0 Å². The third-order valence-corrected chi connectivity index (χ3v) is 27.9. The number of fused-ring (bicyclic) bond motifs is 5. The number of aromatic nitrogens is 4. The van der Waals surface area contributed by atoms with Gasteiger partial charge in [0.05, 0.1) is 78.8 Å². The van der Waals surface area contributed by atoms with Gasteiger partial charge in [-0.3, -0.25) is 57.5 Å². The normalized spacial score (nSPS) is 21.7. The summed E-state index contributed by atoms with van der Waals surface area (Å²) in [7, 11) is 7.87. The molecular formula is C95H102Cl4F4N8O21. The summed E-state index contributed by atoms with van der Waals surface area (Å²) in [6.45, 7) is 12.0. The van der Waals surface area contributed by atoms with Crippen LogP contribution in [-0.2, 0) is 69.8 Å². The summed E-state index contributed by atoms with van der Waals surface area (Å²) in [5, 5.41) is 42.1. The summed E-state index contributed by atoms with van der Waals surface area (Å²) in [4.78, 5) is 161. The van der Waals surface area contributed by atoms with E-state index in [1.54, 1.807) is 65.8 Å². The van der Waals surface area contributed by atoms with E-state index in [0.29, 0.717) is 110 Å². The fourth-order valence-electron chi connectivity index (χ4n) is 20.3. The van der Waals surface area contributed by atoms with Gasteiger partial charge in [-0.1, -0.05) is 88.9 Å². The topological polar surface area (TPSA) is 365 Å². The molecule has 0 unspecified atom stereocenters. The van der Waals surface area contributed by atoms with E-state index in [9.17, 15) is 95.5 Å². The van der Waals surface area contributed by atoms with E-state index in [-0.39, 0.29) is 163 Å². The van der Waals surface area contributed by atoms with Gasteiger partial charge in [-0.2, -0.15) is 0 Å². The first-order valence-corrected chi connectivity index (χ1v) is 44.9. The first-order chi connectivity index (χ1) is 62.8. The number of pyridine rings is 4. The van der Waals surface area contributed by atoms with Crippen molar-refractivity contribution in [3.8, 4) is 28.7 Å². The molecule has 0 bridgehead atoms. The second kappa shape index (κ2) is 40.0. The molecule has 704 valence electrons. The van der Waals surface area contributed by atoms with Crippen LogP contribution in [0.3, 0.4) is 0 Å². The molecule has 8 heterocycles. The minimum atomic E-state index is -0.906. The maximum Gasteiger partial charge on any atom is 0.275 e. The number of carbonyl (C=O) groups excluding carboxylic acids is 8. The van der Waals surface area contributed by atoms with Crippen molar-refractivity contribution in [3.63, 3.8) is 0 Å². The van der Waals surface area contributed by atoms with Gasteiger partial charge in [0.2, 0.25) is 21.7 Å². The van der Waals surface area contributed by atoms with Gasteiger partial charge in [0.1, 0.15) is 34.0 Å². The predicted octanol–water partition coefficient (Wildman–Crippen LogP) is 13.2. The predicted molar refractivity (Wildman–Crippen MR) is 479 cm³/mol. The lowest BCUT2D eigenvalue weighted by molar-refractivity contribution is -0.103. The molecule has 0 atom stereocenters. The lowest BCUT2D eigenvalue weighted by Gasteiger charge is -2.56. The molecule has 4 aromatic carbocycles. The van der Waals surface area contributed by atoms with E-state index >= 15 is 0 Å². The Morgan fingerprint density at radius 3 is 1.07 bits per heavy atom. The van der Waals surface area contributed by atoms with Crippen molar-refractivity contribution in [2.24, 2.45) is 11.8 Å². The summed E-state index contributed by atoms with van der Waals surface area (Å²) in [5.74, 6) is -8.59. The van der Waals surface area contributed by atoms with Crippen LogP contribution in [0.4, 0.5) is 17.6 Å². The van der Waals surface area contributed by atoms with Crippen LogP contribution in [-0.4, -0.2) is 215 Å². The highest BCUT2D eigenvalue weighted by Gasteiger charge is 2.58. The van der Waals surface area contributed by atoms with Crippen LogP contribution in [0.25, 0.3) is 0 Å². The molecule has 29 nitrogen and oxygen atoms in total. The zero-order valence-electron chi connectivity index (χ0n) is 74.2. The molecule has 0 radical (unpaired) electrons. The van der Waals surface area contributed by atoms with Crippen molar-refractivity contribution in [3.05, 3.63) is 243 Å². The number of amides is 4. The Morgan fingerprint density at radius 1 is 0.409 bits per heavy atom. The number of aromatic hydroxyl groups is 4. The highest BCUT2D eigenvalue weighted by Crippen LogP contribution is 2.51. The van der Waals surface area contributed by atoms with Gasteiger partial charge in [-0.15, -0.1) is 0 Å². The van der Waals surface area contributed by atoms with Gasteiger partial charge in [-0.05, 0) is 163 Å². The Balaban J connectivity index is 0.000000150. The van der Waals surface area contributed by atoms with Crippen molar-refractivity contribution >= 4 is 93.2 Å². The zero-order chi connectivity index (χ0) is 95.8. The summed E-state index contributed by atoms with van der Waals surface area (Å²) < 4.78 is 89.6. The van der Waals surface area contributed by atoms with Crippen LogP contribution in [0.5, 0.6) is 28.7 Å². The van der Waals surface area contributed by atoms with Crippen LogP contribution in [0, 0.1) is 35.1 Å². The highest BCUT2D eigenvalue weighted by molar-refractivity contribution is 6.32. The number of ketones is 4. The number of likely N-dealkylation sites (N-methyl/N-ethyl adjacent to an activating group) is 4. The van der Waals surface area contributed by atoms with Crippen molar-refractivity contribution in [1.82, 2.24) is 37.9 Å². The van der Waals surface area contributed by atoms with Crippen molar-refractivity contribution < 1.29 is 100 Å². The molecule has 4 aliphatic heterocycles. The molecule has 4 fully saturated rings. The monoisotopic (exact) mass is 1910 g/mol. The van der Waals surface area contributed by atoms with Gasteiger partial charge in [-0.25, -0.2) is 17.6 Å². The molecule has 4 saturated carbocycles. The number of benzene rings is 4. The molecule has 16 rings (SSSR count). The minimum absolute atomic E-state index is 0.000934. The second-order valence-electron chi connectivity index (χ2n) is 34.8. The zero-order valence-corrected chi connectivity index (χ0v) is 77.2. The molecule has 4 aromatic heterocycles. The van der Waals surface area contributed by atoms with E-state index in [0.717, 1.165) is 12.8 Å². The highest BCUT2D eigenvalue weighted by atomic mass is 35.5. The van der Waals surface area contributed by atoms with Crippen LogP contribution >= 0.6 is 46.4 Å². The van der Waals surface area contributed by atoms with Crippen LogP contribution in [0.1, 0.15) is 210 Å². The Kier molecular flexibility index (Phi) is 29.9. The molecule has 8 aromatic rings. The van der Waals surface area contributed by atoms with Crippen molar-refractivity contribution in [2.45, 2.75) is 184 Å². The maximum atomic E-state index is 14.5. The average Bonchev–Trinajstić information content (AvgIpc) is 0.734. The van der Waals surface area contributed by atoms with Crippen LogP contribution in [0.2, 0.25) is 20.1 Å². The molecule has 132 heavy (non-hydrogen) atoms. The number of methoxy groups -OCH3 is 4. The van der Waals surface area contributed by atoms with Crippen molar-refractivity contribution in [1.29, 1.82) is 0 Å². The van der Waals surface area contributed by atoms with Crippen LogP contribution in [0.15, 0.2) is 111 Å². The minimum Gasteiger partial charge on any atom is -0.503 e. The molecule has 8 aliphatic rings. The van der Waals surface area contributed by atoms with Gasteiger partial charge < -0.3 is 82.0 Å². The fourth-order valence-corrected chi connectivity index (χ4v) is 21.1. The Morgan fingerprint density at radius 2 is 0.735 bits per heavy atom. The van der Waals surface area contributed by atoms with E-state index in [4.69, 9.17) is 70.1 Å². The van der Waals surface area contributed by atoms with E-state index < -0.39 is 137 Å². The number of aryl methyl sites for hydroxylation is 4. The van der Waals surface area contributed by atoms with Crippen molar-refractivity contribution in [2.75, 3.05) is 81.5 Å². The van der Waals surface area contributed by atoms with Gasteiger partial charge in [0.15, 0.2) is 68.9 Å². The number of rotatable bonds is 27. The summed E-state index contributed by atoms with van der Waals surface area (Å²) >= 11 is 23.3. The molecular weight excluding hydrogens is 1810 g/mol. The number of nitrogens with zero attached hydrogens (tertiary/aromatic N) is 8. The fraction of sp³-hybridized carbons (Fsp3) is 0.453. The largest absolute Gasteiger partial charge is 0.503 e. The first kappa shape index (κ1) is 98.5. The molecule has 37 heteroatoms. The lowest BCUT2D eigenvalue weighted by atomic mass is 9.66. The number of halogens is 8. The third-order valence-electron chi connectivity index (χ3n) is 26.7. The Bertz CT molecular complexity index is 6010.